The molecule has 1 aromatic carbocycles. The molecule has 0 spiro atoms. The van der Waals surface area contributed by atoms with Crippen molar-refractivity contribution in [3.63, 3.8) is 0 Å². The molecule has 0 bridgehead atoms. The van der Waals surface area contributed by atoms with Gasteiger partial charge in [0.2, 0.25) is 0 Å². The van der Waals surface area contributed by atoms with Crippen molar-refractivity contribution in [3.05, 3.63) is 59.8 Å². The third kappa shape index (κ3) is 5.33. The van der Waals surface area contributed by atoms with Crippen molar-refractivity contribution in [2.45, 2.75) is 31.9 Å². The van der Waals surface area contributed by atoms with E-state index in [9.17, 15) is 9.50 Å². The molecule has 1 fully saturated rings. The lowest BCUT2D eigenvalue weighted by atomic mass is 10.1. The van der Waals surface area contributed by atoms with E-state index < -0.39 is 11.9 Å². The number of halogens is 1. The number of aliphatic imine (C=N–C) groups is 1. The van der Waals surface area contributed by atoms with Crippen molar-refractivity contribution in [2.75, 3.05) is 32.7 Å². The average Bonchev–Trinajstić information content (AvgIpc) is 3.41. The molecule has 0 saturated carbocycles. The fraction of sp³-hybridized carbons (Fsp3) is 0.476. The normalized spacial score (nSPS) is 17.5. The number of benzene rings is 1. The predicted molar refractivity (Wildman–Crippen MR) is 108 cm³/mol. The third-order valence-electron chi connectivity index (χ3n) is 4.95. The summed E-state index contributed by atoms with van der Waals surface area (Å²) in [5.41, 5.74) is 0.274. The first-order valence-electron chi connectivity index (χ1n) is 9.91. The van der Waals surface area contributed by atoms with Gasteiger partial charge in [0.25, 0.3) is 0 Å². The van der Waals surface area contributed by atoms with E-state index in [-0.39, 0.29) is 18.2 Å². The summed E-state index contributed by atoms with van der Waals surface area (Å²) in [5, 5.41) is 16.6. The van der Waals surface area contributed by atoms with Gasteiger partial charge in [-0.1, -0.05) is 18.2 Å². The molecule has 3 N–H and O–H groups in total. The van der Waals surface area contributed by atoms with Gasteiger partial charge in [-0.25, -0.2) is 4.39 Å². The van der Waals surface area contributed by atoms with Crippen molar-refractivity contribution in [1.29, 1.82) is 0 Å². The number of nitrogens with one attached hydrogen (secondary N) is 2. The van der Waals surface area contributed by atoms with Crippen molar-refractivity contribution < 1.29 is 13.9 Å². The smallest absolute Gasteiger partial charge is 0.191 e. The zero-order valence-electron chi connectivity index (χ0n) is 16.3. The van der Waals surface area contributed by atoms with Crippen LogP contribution in [0.25, 0.3) is 0 Å². The van der Waals surface area contributed by atoms with E-state index in [1.807, 2.05) is 19.1 Å². The molecule has 2 atom stereocenters. The maximum absolute atomic E-state index is 13.8. The van der Waals surface area contributed by atoms with Crippen LogP contribution < -0.4 is 10.6 Å². The summed E-state index contributed by atoms with van der Waals surface area (Å²) >= 11 is 0. The van der Waals surface area contributed by atoms with E-state index in [1.54, 1.807) is 24.5 Å². The molecule has 0 aliphatic carbocycles. The first kappa shape index (κ1) is 20.4. The number of likely N-dealkylation sites (tertiary alicyclic amines) is 1. The van der Waals surface area contributed by atoms with E-state index in [0.29, 0.717) is 19.0 Å². The molecule has 0 amide bonds. The highest BCUT2D eigenvalue weighted by atomic mass is 19.1. The Morgan fingerprint density at radius 3 is 2.68 bits per heavy atom. The summed E-state index contributed by atoms with van der Waals surface area (Å²) in [7, 11) is 0. The van der Waals surface area contributed by atoms with Crippen LogP contribution in [-0.4, -0.2) is 48.7 Å². The maximum atomic E-state index is 13.8. The molecule has 7 heteroatoms. The molecule has 6 nitrogen and oxygen atoms in total. The Balaban J connectivity index is 1.64. The maximum Gasteiger partial charge on any atom is 0.191 e. The van der Waals surface area contributed by atoms with E-state index in [0.717, 1.165) is 18.8 Å². The van der Waals surface area contributed by atoms with Crippen LogP contribution in [0, 0.1) is 5.82 Å². The molecule has 28 heavy (non-hydrogen) atoms. The number of aliphatic hydroxyl groups is 1. The molecule has 3 rings (SSSR count). The van der Waals surface area contributed by atoms with Crippen LogP contribution in [0.5, 0.6) is 0 Å². The van der Waals surface area contributed by atoms with Crippen LogP contribution in [0.4, 0.5) is 4.39 Å². The molecule has 0 radical (unpaired) electrons. The van der Waals surface area contributed by atoms with Crippen molar-refractivity contribution in [2.24, 2.45) is 4.99 Å². The quantitative estimate of drug-likeness (QED) is 0.479. The summed E-state index contributed by atoms with van der Waals surface area (Å²) in [5.74, 6) is 1.09. The van der Waals surface area contributed by atoms with Gasteiger partial charge in [0.15, 0.2) is 5.96 Å². The van der Waals surface area contributed by atoms with Crippen LogP contribution in [0.1, 0.15) is 43.2 Å². The highest BCUT2D eigenvalue weighted by molar-refractivity contribution is 5.79. The fourth-order valence-corrected chi connectivity index (χ4v) is 3.49. The monoisotopic (exact) mass is 388 g/mol. The lowest BCUT2D eigenvalue weighted by molar-refractivity contribution is 0.176. The Morgan fingerprint density at radius 1 is 1.21 bits per heavy atom. The van der Waals surface area contributed by atoms with Gasteiger partial charge < -0.3 is 20.2 Å². The third-order valence-corrected chi connectivity index (χ3v) is 4.95. The average molecular weight is 388 g/mol. The van der Waals surface area contributed by atoms with Crippen molar-refractivity contribution in [1.82, 2.24) is 15.5 Å². The Hall–Kier alpha value is -2.38. The summed E-state index contributed by atoms with van der Waals surface area (Å²) in [6.07, 6.45) is 3.11. The second kappa shape index (κ2) is 10.2. The van der Waals surface area contributed by atoms with E-state index in [1.165, 1.54) is 18.9 Å². The molecule has 2 aromatic rings. The van der Waals surface area contributed by atoms with Crippen LogP contribution >= 0.6 is 0 Å². The molecule has 152 valence electrons. The molecule has 1 aromatic heterocycles. The van der Waals surface area contributed by atoms with Gasteiger partial charge in [-0.15, -0.1) is 0 Å². The molecule has 2 heterocycles. The number of furan rings is 1. The largest absolute Gasteiger partial charge is 0.468 e. The number of aliphatic hydroxyl groups excluding tert-OH is 1. The molecule has 1 aliphatic heterocycles. The Morgan fingerprint density at radius 2 is 2.00 bits per heavy atom. The molecule has 1 saturated heterocycles. The highest BCUT2D eigenvalue weighted by Gasteiger charge is 2.25. The van der Waals surface area contributed by atoms with Gasteiger partial charge in [-0.05, 0) is 51.1 Å². The van der Waals surface area contributed by atoms with Gasteiger partial charge in [-0.3, -0.25) is 9.89 Å². The zero-order chi connectivity index (χ0) is 19.8. The molecular formula is C21H29FN4O2. The van der Waals surface area contributed by atoms with E-state index in [2.05, 4.69) is 15.5 Å². The summed E-state index contributed by atoms with van der Waals surface area (Å²) in [4.78, 5) is 7.08. The van der Waals surface area contributed by atoms with E-state index in [4.69, 9.17) is 9.41 Å². The van der Waals surface area contributed by atoms with Crippen LogP contribution in [0.15, 0.2) is 52.1 Å². The minimum absolute atomic E-state index is 0.0875. The second-order valence-electron chi connectivity index (χ2n) is 6.91. The predicted octanol–water partition coefficient (Wildman–Crippen LogP) is 2.84. The lowest BCUT2D eigenvalue weighted by Gasteiger charge is -2.25. The van der Waals surface area contributed by atoms with Crippen LogP contribution in [-0.2, 0) is 0 Å². The minimum atomic E-state index is -0.954. The Bertz CT molecular complexity index is 745. The SMILES string of the molecule is CCNC(=NCC(c1ccco1)N1CCCC1)NCC(O)c1ccccc1F. The van der Waals surface area contributed by atoms with Crippen LogP contribution in [0.3, 0.4) is 0 Å². The van der Waals surface area contributed by atoms with Gasteiger partial charge >= 0.3 is 0 Å². The topological polar surface area (TPSA) is 73.0 Å². The van der Waals surface area contributed by atoms with Gasteiger partial charge in [0.05, 0.1) is 25.0 Å². The number of hydrogen-bond acceptors (Lipinski definition) is 4. The number of nitrogens with zero attached hydrogens (tertiary/aromatic N) is 2. The van der Waals surface area contributed by atoms with Crippen molar-refractivity contribution in [3.8, 4) is 0 Å². The fourth-order valence-electron chi connectivity index (χ4n) is 3.49. The van der Waals surface area contributed by atoms with Crippen molar-refractivity contribution >= 4 is 5.96 Å². The van der Waals surface area contributed by atoms with Gasteiger partial charge in [-0.2, -0.15) is 0 Å². The molecule has 2 unspecified atom stereocenters. The van der Waals surface area contributed by atoms with Gasteiger partial charge in [0.1, 0.15) is 11.6 Å². The highest BCUT2D eigenvalue weighted by Crippen LogP contribution is 2.25. The van der Waals surface area contributed by atoms with E-state index >= 15 is 0 Å². The van der Waals surface area contributed by atoms with Crippen LogP contribution in [0.2, 0.25) is 0 Å². The number of hydrogen-bond donors (Lipinski definition) is 3. The Labute approximate surface area is 165 Å². The first-order valence-corrected chi connectivity index (χ1v) is 9.91. The standard InChI is InChI=1S/C21H29FN4O2/c1-2-23-21(25-15-19(27)16-8-3-4-9-17(16)22)24-14-18(20-10-7-13-28-20)26-11-5-6-12-26/h3-4,7-10,13,18-19,27H,2,5-6,11-12,14-15H2,1H3,(H2,23,24,25). The second-order valence-corrected chi connectivity index (χ2v) is 6.91. The Kier molecular flexibility index (Phi) is 7.45. The first-order chi connectivity index (χ1) is 13.7. The molecular weight excluding hydrogens is 359 g/mol. The summed E-state index contributed by atoms with van der Waals surface area (Å²) in [6, 6.07) is 10.2. The number of guanidine groups is 1. The lowest BCUT2D eigenvalue weighted by Crippen LogP contribution is -2.40. The zero-order valence-corrected chi connectivity index (χ0v) is 16.3. The minimum Gasteiger partial charge on any atom is -0.468 e. The van der Waals surface area contributed by atoms with Gasteiger partial charge in [0, 0.05) is 18.7 Å². The summed E-state index contributed by atoms with van der Waals surface area (Å²) < 4.78 is 19.5. The number of rotatable bonds is 8. The molecule has 1 aliphatic rings. The summed E-state index contributed by atoms with van der Waals surface area (Å²) in [6.45, 7) is 5.46.